The Labute approximate surface area is 378 Å². The van der Waals surface area contributed by atoms with Crippen LogP contribution in [0.1, 0.15) is 213 Å². The van der Waals surface area contributed by atoms with Gasteiger partial charge in [-0.25, -0.2) is 0 Å². The van der Waals surface area contributed by atoms with Gasteiger partial charge in [0.25, 0.3) is 0 Å². The average Bonchev–Trinajstić information content (AvgIpc) is 3.27. The van der Waals surface area contributed by atoms with Gasteiger partial charge in [-0.05, 0) is 51.4 Å². The third-order valence-electron chi connectivity index (χ3n) is 11.5. The maximum atomic E-state index is 12.8. The molecule has 0 amide bonds. The van der Waals surface area contributed by atoms with Gasteiger partial charge in [0, 0.05) is 12.8 Å². The van der Waals surface area contributed by atoms with Crippen LogP contribution in [0.2, 0.25) is 0 Å². The lowest BCUT2D eigenvalue weighted by atomic mass is 9.99. The predicted octanol–water partition coefficient (Wildman–Crippen LogP) is 11.6. The first kappa shape index (κ1) is 57.7. The quantitative estimate of drug-likeness (QED) is 0.0265. The maximum absolute atomic E-state index is 12.8. The van der Waals surface area contributed by atoms with Gasteiger partial charge < -0.3 is 39.4 Å². The summed E-state index contributed by atoms with van der Waals surface area (Å²) in [6.45, 7) is 3.29. The minimum absolute atomic E-state index is 0.223. The molecular formula is C52H92O10. The number of esters is 2. The molecular weight excluding hydrogens is 785 g/mol. The van der Waals surface area contributed by atoms with E-state index in [9.17, 15) is 30.0 Å². The Bertz CT molecular complexity index is 1150. The Kier molecular flexibility index (Phi) is 39.6. The second-order valence-electron chi connectivity index (χ2n) is 17.2. The Morgan fingerprint density at radius 3 is 1.44 bits per heavy atom. The van der Waals surface area contributed by atoms with Gasteiger partial charge >= 0.3 is 11.9 Å². The highest BCUT2D eigenvalue weighted by Crippen LogP contribution is 2.23. The van der Waals surface area contributed by atoms with Crippen molar-refractivity contribution in [3.05, 3.63) is 48.6 Å². The molecule has 1 aliphatic heterocycles. The van der Waals surface area contributed by atoms with E-state index in [4.69, 9.17) is 18.9 Å². The molecule has 0 aromatic rings. The molecule has 0 radical (unpaired) electrons. The fraction of sp³-hybridized carbons (Fsp3) is 0.808. The summed E-state index contributed by atoms with van der Waals surface area (Å²) in [5, 5.41) is 40.2. The van der Waals surface area contributed by atoms with Crippen LogP contribution >= 0.6 is 0 Å². The van der Waals surface area contributed by atoms with Crippen LogP contribution < -0.4 is 0 Å². The van der Waals surface area contributed by atoms with Gasteiger partial charge in [-0.3, -0.25) is 9.59 Å². The first-order valence-corrected chi connectivity index (χ1v) is 25.2. The number of aliphatic hydroxyl groups is 4. The van der Waals surface area contributed by atoms with Crippen LogP contribution in [0.3, 0.4) is 0 Å². The van der Waals surface area contributed by atoms with Gasteiger partial charge in [-0.2, -0.15) is 0 Å². The number of ether oxygens (including phenoxy) is 4. The number of carbonyl (C=O) groups is 2. The molecule has 0 spiro atoms. The van der Waals surface area contributed by atoms with E-state index in [-0.39, 0.29) is 26.1 Å². The molecule has 1 fully saturated rings. The fourth-order valence-corrected chi connectivity index (χ4v) is 7.53. The second-order valence-corrected chi connectivity index (χ2v) is 17.2. The molecule has 2 unspecified atom stereocenters. The molecule has 6 atom stereocenters. The van der Waals surface area contributed by atoms with Crippen molar-refractivity contribution in [1.29, 1.82) is 0 Å². The smallest absolute Gasteiger partial charge is 0.306 e. The number of hydrogen-bond acceptors (Lipinski definition) is 10. The lowest BCUT2D eigenvalue weighted by Crippen LogP contribution is -2.59. The molecule has 360 valence electrons. The molecule has 0 aliphatic carbocycles. The molecule has 1 saturated heterocycles. The Morgan fingerprint density at radius 2 is 0.952 bits per heavy atom. The minimum atomic E-state index is -1.60. The summed E-state index contributed by atoms with van der Waals surface area (Å²) in [5.41, 5.74) is 0. The van der Waals surface area contributed by atoms with Crippen molar-refractivity contribution in [1.82, 2.24) is 0 Å². The molecule has 62 heavy (non-hydrogen) atoms. The molecule has 10 heteroatoms. The van der Waals surface area contributed by atoms with Crippen molar-refractivity contribution < 1.29 is 49.0 Å². The zero-order valence-corrected chi connectivity index (χ0v) is 39.4. The first-order chi connectivity index (χ1) is 30.3. The largest absolute Gasteiger partial charge is 0.462 e. The van der Waals surface area contributed by atoms with Crippen molar-refractivity contribution in [2.45, 2.75) is 250 Å². The number of aliphatic hydroxyl groups excluding tert-OH is 4. The number of hydrogen-bond donors (Lipinski definition) is 4. The third kappa shape index (κ3) is 33.2. The number of carbonyl (C=O) groups excluding carboxylic acids is 2. The topological polar surface area (TPSA) is 152 Å². The molecule has 10 nitrogen and oxygen atoms in total. The normalized spacial score (nSPS) is 20.0. The van der Waals surface area contributed by atoms with Crippen LogP contribution in [0.4, 0.5) is 0 Å². The highest BCUT2D eigenvalue weighted by Gasteiger charge is 2.44. The summed E-state index contributed by atoms with van der Waals surface area (Å²) in [5.74, 6) is -0.849. The summed E-state index contributed by atoms with van der Waals surface area (Å²) in [7, 11) is 0. The van der Waals surface area contributed by atoms with E-state index in [1.807, 2.05) is 0 Å². The summed E-state index contributed by atoms with van der Waals surface area (Å²) in [4.78, 5) is 25.4. The van der Waals surface area contributed by atoms with Crippen LogP contribution in [0.25, 0.3) is 0 Å². The van der Waals surface area contributed by atoms with Crippen molar-refractivity contribution >= 4 is 11.9 Å². The fourth-order valence-electron chi connectivity index (χ4n) is 7.53. The van der Waals surface area contributed by atoms with Gasteiger partial charge in [0.1, 0.15) is 31.0 Å². The van der Waals surface area contributed by atoms with Crippen LogP contribution in [0.5, 0.6) is 0 Å². The van der Waals surface area contributed by atoms with E-state index in [0.717, 1.165) is 57.8 Å². The maximum Gasteiger partial charge on any atom is 0.306 e. The third-order valence-corrected chi connectivity index (χ3v) is 11.5. The number of rotatable bonds is 42. The molecule has 4 N–H and O–H groups in total. The Morgan fingerprint density at radius 1 is 0.516 bits per heavy atom. The first-order valence-electron chi connectivity index (χ1n) is 25.2. The number of allylic oxidation sites excluding steroid dienone is 8. The zero-order chi connectivity index (χ0) is 45.1. The number of unbranched alkanes of at least 4 members (excludes halogenated alkanes) is 23. The van der Waals surface area contributed by atoms with Gasteiger partial charge in [-0.15, -0.1) is 0 Å². The molecule has 0 bridgehead atoms. The molecule has 1 aliphatic rings. The van der Waals surface area contributed by atoms with Crippen LogP contribution in [-0.2, 0) is 28.5 Å². The highest BCUT2D eigenvalue weighted by atomic mass is 16.7. The molecule has 1 heterocycles. The van der Waals surface area contributed by atoms with E-state index in [1.54, 1.807) is 0 Å². The summed E-state index contributed by atoms with van der Waals surface area (Å²) < 4.78 is 22.2. The van der Waals surface area contributed by atoms with Gasteiger partial charge in [0.2, 0.25) is 0 Å². The zero-order valence-electron chi connectivity index (χ0n) is 39.4. The summed E-state index contributed by atoms with van der Waals surface area (Å²) in [6, 6.07) is 0. The molecule has 0 saturated carbocycles. The van der Waals surface area contributed by atoms with Crippen molar-refractivity contribution in [2.75, 3.05) is 19.8 Å². The van der Waals surface area contributed by atoms with Crippen LogP contribution in [0, 0.1) is 0 Å². The molecule has 0 aromatic carbocycles. The monoisotopic (exact) mass is 877 g/mol. The summed E-state index contributed by atoms with van der Waals surface area (Å²) >= 11 is 0. The average molecular weight is 877 g/mol. The van der Waals surface area contributed by atoms with E-state index < -0.39 is 55.4 Å². The lowest BCUT2D eigenvalue weighted by Gasteiger charge is -2.39. The lowest BCUT2D eigenvalue weighted by molar-refractivity contribution is -0.305. The van der Waals surface area contributed by atoms with E-state index in [2.05, 4.69) is 62.5 Å². The SMILES string of the molecule is CC/C=C/C/C=C/C/C=C/C/C=C/CCCCC(=O)OC[C@H](CO[C@@H]1O[C@H](CO)[C@H](O)C(O)C1O)OC(=O)CCCCCCCCCCCCCCCCCCCCCCCC. The van der Waals surface area contributed by atoms with Crippen molar-refractivity contribution in [3.8, 4) is 0 Å². The van der Waals surface area contributed by atoms with Crippen molar-refractivity contribution in [2.24, 2.45) is 0 Å². The van der Waals surface area contributed by atoms with E-state index in [1.165, 1.54) is 116 Å². The van der Waals surface area contributed by atoms with Gasteiger partial charge in [0.15, 0.2) is 12.4 Å². The predicted molar refractivity (Wildman–Crippen MR) is 252 cm³/mol. The highest BCUT2D eigenvalue weighted by molar-refractivity contribution is 5.70. The Balaban J connectivity index is 2.27. The van der Waals surface area contributed by atoms with E-state index >= 15 is 0 Å². The standard InChI is InChI=1S/C52H92O10/c1-3-5-7-9-11-13-15-17-19-20-21-22-23-24-25-27-29-31-33-35-37-39-41-48(55)61-45(44-60-52-51(58)50(57)49(56)46(42-53)62-52)43-59-47(54)40-38-36-34-32-30-28-26-18-16-14-12-10-8-6-4-2/h6,8,12,14,18,26,30,32,45-46,49-53,56-58H,3-5,7,9-11,13,15-17,19-25,27-29,31,33-44H2,1-2H3/b8-6+,14-12+,26-18+,32-30+/t45-,46-,49+,50?,51?,52-/m1/s1. The van der Waals surface area contributed by atoms with Gasteiger partial charge in [-0.1, -0.05) is 197 Å². The van der Waals surface area contributed by atoms with Crippen LogP contribution in [0.15, 0.2) is 48.6 Å². The van der Waals surface area contributed by atoms with Crippen LogP contribution in [-0.4, -0.2) is 89.0 Å². The summed E-state index contributed by atoms with van der Waals surface area (Å²) in [6.07, 6.45) is 44.2. The second kappa shape index (κ2) is 42.6. The van der Waals surface area contributed by atoms with Crippen molar-refractivity contribution in [3.63, 3.8) is 0 Å². The molecule has 1 rings (SSSR count). The van der Waals surface area contributed by atoms with Gasteiger partial charge in [0.05, 0.1) is 13.2 Å². The van der Waals surface area contributed by atoms with E-state index in [0.29, 0.717) is 12.8 Å². The molecule has 0 aromatic heterocycles. The minimum Gasteiger partial charge on any atom is -0.462 e. The Hall–Kier alpha value is -2.34.